The molecule has 2 aromatic rings. The van der Waals surface area contributed by atoms with E-state index in [4.69, 9.17) is 9.84 Å². The summed E-state index contributed by atoms with van der Waals surface area (Å²) in [5, 5.41) is 11.4. The Hall–Kier alpha value is -1.38. The lowest BCUT2D eigenvalue weighted by atomic mass is 10.0. The Morgan fingerprint density at radius 1 is 1.07 bits per heavy atom. The van der Waals surface area contributed by atoms with Crippen LogP contribution in [0.2, 0.25) is 0 Å². The maximum atomic E-state index is 8.98. The van der Waals surface area contributed by atoms with Crippen LogP contribution in [0, 0.1) is 0 Å². The maximum absolute atomic E-state index is 8.98. The van der Waals surface area contributed by atoms with Crippen molar-refractivity contribution in [2.75, 3.05) is 6.61 Å². The van der Waals surface area contributed by atoms with Crippen LogP contribution in [0.15, 0.2) is 42.5 Å². The van der Waals surface area contributed by atoms with Gasteiger partial charge in [-0.2, -0.15) is 0 Å². The molecule has 0 unspecified atom stereocenters. The molecule has 2 nitrogen and oxygen atoms in total. The lowest BCUT2D eigenvalue weighted by Crippen LogP contribution is -1.94. The number of epoxide rings is 1. The molecule has 0 spiro atoms. The number of hydrogen-bond donors (Lipinski definition) is 1. The molecule has 2 aromatic carbocycles. The Bertz CT molecular complexity index is 487. The van der Waals surface area contributed by atoms with E-state index in [-0.39, 0.29) is 18.8 Å². The summed E-state index contributed by atoms with van der Waals surface area (Å²) in [4.78, 5) is 0. The number of aliphatic hydroxyl groups excluding tert-OH is 1. The second kappa shape index (κ2) is 3.33. The molecular weight excluding hydrogens is 188 g/mol. The van der Waals surface area contributed by atoms with Gasteiger partial charge < -0.3 is 9.84 Å². The van der Waals surface area contributed by atoms with Crippen LogP contribution in [0.1, 0.15) is 11.7 Å². The van der Waals surface area contributed by atoms with Crippen LogP contribution >= 0.6 is 0 Å². The first-order valence-electron chi connectivity index (χ1n) is 5.14. The first-order valence-corrected chi connectivity index (χ1v) is 5.14. The summed E-state index contributed by atoms with van der Waals surface area (Å²) in [6, 6.07) is 14.5. The molecule has 1 heterocycles. The Labute approximate surface area is 88.1 Å². The van der Waals surface area contributed by atoms with Gasteiger partial charge in [0.05, 0.1) is 6.61 Å². The highest BCUT2D eigenvalue weighted by atomic mass is 16.6. The highest BCUT2D eigenvalue weighted by Gasteiger charge is 2.40. The molecule has 1 aliphatic rings. The number of ether oxygens (including phenoxy) is 1. The van der Waals surface area contributed by atoms with Gasteiger partial charge in [-0.15, -0.1) is 0 Å². The summed E-state index contributed by atoms with van der Waals surface area (Å²) >= 11 is 0. The van der Waals surface area contributed by atoms with Crippen molar-refractivity contribution < 1.29 is 9.84 Å². The molecule has 1 saturated heterocycles. The number of benzene rings is 2. The van der Waals surface area contributed by atoms with Crippen molar-refractivity contribution in [1.82, 2.24) is 0 Å². The maximum Gasteiger partial charge on any atom is 0.112 e. The molecule has 0 radical (unpaired) electrons. The van der Waals surface area contributed by atoms with Gasteiger partial charge in [-0.25, -0.2) is 0 Å². The van der Waals surface area contributed by atoms with E-state index in [1.165, 1.54) is 16.3 Å². The topological polar surface area (TPSA) is 32.8 Å². The molecule has 1 N–H and O–H groups in total. The van der Waals surface area contributed by atoms with Crippen LogP contribution in [0.25, 0.3) is 10.8 Å². The van der Waals surface area contributed by atoms with Crippen LogP contribution in [-0.4, -0.2) is 17.8 Å². The number of hydrogen-bond acceptors (Lipinski definition) is 2. The van der Waals surface area contributed by atoms with Gasteiger partial charge in [0, 0.05) is 0 Å². The van der Waals surface area contributed by atoms with Gasteiger partial charge in [0.25, 0.3) is 0 Å². The molecule has 0 aliphatic carbocycles. The van der Waals surface area contributed by atoms with Crippen LogP contribution < -0.4 is 0 Å². The Balaban J connectivity index is 2.11. The van der Waals surface area contributed by atoms with Crippen molar-refractivity contribution >= 4 is 10.8 Å². The second-order valence-corrected chi connectivity index (χ2v) is 3.85. The summed E-state index contributed by atoms with van der Waals surface area (Å²) in [5.74, 6) is 0. The third-order valence-corrected chi connectivity index (χ3v) is 2.89. The van der Waals surface area contributed by atoms with E-state index in [1.807, 2.05) is 18.2 Å². The van der Waals surface area contributed by atoms with Crippen molar-refractivity contribution in [3.63, 3.8) is 0 Å². The van der Waals surface area contributed by atoms with Crippen molar-refractivity contribution in [3.05, 3.63) is 48.0 Å². The summed E-state index contributed by atoms with van der Waals surface area (Å²) in [6.45, 7) is 0.105. The summed E-state index contributed by atoms with van der Waals surface area (Å²) in [5.41, 5.74) is 1.19. The Morgan fingerprint density at radius 2 is 1.87 bits per heavy atom. The molecule has 3 rings (SSSR count). The molecule has 2 heteroatoms. The molecule has 1 aliphatic heterocycles. The van der Waals surface area contributed by atoms with Gasteiger partial charge in [-0.1, -0.05) is 42.5 Å². The normalized spacial score (nSPS) is 24.3. The number of fused-ring (bicyclic) bond motifs is 1. The fourth-order valence-electron chi connectivity index (χ4n) is 2.05. The minimum atomic E-state index is -0.00388. The predicted octanol–water partition coefficient (Wildman–Crippen LogP) is 2.27. The van der Waals surface area contributed by atoms with Crippen molar-refractivity contribution in [2.24, 2.45) is 0 Å². The third kappa shape index (κ3) is 1.42. The average molecular weight is 200 g/mol. The molecule has 0 saturated carbocycles. The van der Waals surface area contributed by atoms with Crippen molar-refractivity contribution in [1.29, 1.82) is 0 Å². The first-order chi connectivity index (χ1) is 7.40. The van der Waals surface area contributed by atoms with Gasteiger partial charge in [-0.05, 0) is 16.3 Å². The van der Waals surface area contributed by atoms with Gasteiger partial charge in [0.15, 0.2) is 0 Å². The van der Waals surface area contributed by atoms with Crippen molar-refractivity contribution in [2.45, 2.75) is 12.2 Å². The van der Waals surface area contributed by atoms with E-state index in [1.54, 1.807) is 0 Å². The second-order valence-electron chi connectivity index (χ2n) is 3.85. The number of rotatable bonds is 2. The van der Waals surface area contributed by atoms with E-state index < -0.39 is 0 Å². The van der Waals surface area contributed by atoms with E-state index in [0.717, 1.165) is 0 Å². The minimum Gasteiger partial charge on any atom is -0.394 e. The van der Waals surface area contributed by atoms with E-state index in [2.05, 4.69) is 24.3 Å². The Kier molecular flexibility index (Phi) is 1.97. The van der Waals surface area contributed by atoms with Gasteiger partial charge >= 0.3 is 0 Å². The average Bonchev–Trinajstić information content (AvgIpc) is 3.07. The Morgan fingerprint density at radius 3 is 2.67 bits per heavy atom. The molecule has 15 heavy (non-hydrogen) atoms. The van der Waals surface area contributed by atoms with Crippen LogP contribution in [0.4, 0.5) is 0 Å². The lowest BCUT2D eigenvalue weighted by molar-refractivity contribution is 0.242. The summed E-state index contributed by atoms with van der Waals surface area (Å²) in [7, 11) is 0. The predicted molar refractivity (Wildman–Crippen MR) is 58.6 cm³/mol. The molecule has 1 fully saturated rings. The molecule has 0 amide bonds. The molecule has 0 aromatic heterocycles. The summed E-state index contributed by atoms with van der Waals surface area (Å²) in [6.07, 6.45) is 0.0805. The zero-order valence-electron chi connectivity index (χ0n) is 8.26. The first kappa shape index (κ1) is 8.89. The smallest absolute Gasteiger partial charge is 0.112 e. The molecular formula is C13H12O2. The van der Waals surface area contributed by atoms with Crippen LogP contribution in [0.5, 0.6) is 0 Å². The standard InChI is InChI=1S/C13H12O2/c14-8-12-13(15-12)11-7-3-5-9-4-1-2-6-10(9)11/h1-7,12-14H,8H2/t12-,13-/m0/s1. The zero-order valence-corrected chi connectivity index (χ0v) is 8.26. The molecule has 2 atom stereocenters. The van der Waals surface area contributed by atoms with Gasteiger partial charge in [0.1, 0.15) is 12.2 Å². The van der Waals surface area contributed by atoms with Crippen molar-refractivity contribution in [3.8, 4) is 0 Å². The fourth-order valence-corrected chi connectivity index (χ4v) is 2.05. The van der Waals surface area contributed by atoms with Crippen LogP contribution in [0.3, 0.4) is 0 Å². The molecule has 0 bridgehead atoms. The SMILES string of the molecule is OC[C@@H]1O[C@H]1c1cccc2ccccc12. The number of aliphatic hydroxyl groups is 1. The lowest BCUT2D eigenvalue weighted by Gasteiger charge is -2.02. The minimum absolute atomic E-state index is 0.00388. The highest BCUT2D eigenvalue weighted by molar-refractivity contribution is 5.86. The molecule has 76 valence electrons. The van der Waals surface area contributed by atoms with Gasteiger partial charge in [-0.3, -0.25) is 0 Å². The quantitative estimate of drug-likeness (QED) is 0.754. The fraction of sp³-hybridized carbons (Fsp3) is 0.231. The summed E-state index contributed by atoms with van der Waals surface area (Å²) < 4.78 is 5.41. The monoisotopic (exact) mass is 200 g/mol. The van der Waals surface area contributed by atoms with Gasteiger partial charge in [0.2, 0.25) is 0 Å². The zero-order chi connectivity index (χ0) is 10.3. The van der Waals surface area contributed by atoms with E-state index in [0.29, 0.717) is 0 Å². The van der Waals surface area contributed by atoms with E-state index in [9.17, 15) is 0 Å². The van der Waals surface area contributed by atoms with Crippen LogP contribution in [-0.2, 0) is 4.74 Å². The highest BCUT2D eigenvalue weighted by Crippen LogP contribution is 2.41. The largest absolute Gasteiger partial charge is 0.394 e. The van der Waals surface area contributed by atoms with E-state index >= 15 is 0 Å². The third-order valence-electron chi connectivity index (χ3n) is 2.89.